The van der Waals surface area contributed by atoms with Crippen LogP contribution in [0.25, 0.3) is 0 Å². The molecule has 2 unspecified atom stereocenters. The number of carbonyl (C=O) groups excluding carboxylic acids is 2. The maximum absolute atomic E-state index is 12.7. The fourth-order valence-electron chi connectivity index (χ4n) is 4.78. The standard InChI is InChI=1S/C24H29BrN4O2/c1-15-3-4-17(16(2)7-15)10-28-11-18-13-29(14-19(18)12-28)23(30)9-27-24(31)21-8-20(25)5-6-22(21)26/h3-8,18-19H,9-14,26H2,1-2H3,(H,27,31). The van der Waals surface area contributed by atoms with E-state index < -0.39 is 0 Å². The van der Waals surface area contributed by atoms with Gasteiger partial charge in [0, 0.05) is 42.9 Å². The molecule has 2 aromatic rings. The van der Waals surface area contributed by atoms with Crippen molar-refractivity contribution in [1.82, 2.24) is 15.1 Å². The number of hydrogen-bond acceptors (Lipinski definition) is 4. The lowest BCUT2D eigenvalue weighted by Crippen LogP contribution is -2.40. The molecule has 0 spiro atoms. The van der Waals surface area contributed by atoms with Crippen LogP contribution in [-0.4, -0.2) is 54.3 Å². The van der Waals surface area contributed by atoms with Crippen LogP contribution in [0, 0.1) is 25.7 Å². The second-order valence-electron chi connectivity index (χ2n) is 8.86. The second-order valence-corrected chi connectivity index (χ2v) is 9.77. The molecule has 2 heterocycles. The number of amides is 2. The SMILES string of the molecule is Cc1ccc(CN2CC3CN(C(=O)CNC(=O)c4cc(Br)ccc4N)CC3C2)c(C)c1. The first-order valence-electron chi connectivity index (χ1n) is 10.7. The van der Waals surface area contributed by atoms with E-state index in [4.69, 9.17) is 5.73 Å². The zero-order valence-corrected chi connectivity index (χ0v) is 19.6. The molecule has 2 fully saturated rings. The van der Waals surface area contributed by atoms with E-state index in [1.165, 1.54) is 16.7 Å². The van der Waals surface area contributed by atoms with Gasteiger partial charge in [-0.05, 0) is 55.0 Å². The predicted molar refractivity (Wildman–Crippen MR) is 126 cm³/mol. The first-order chi connectivity index (χ1) is 14.8. The smallest absolute Gasteiger partial charge is 0.253 e. The van der Waals surface area contributed by atoms with Gasteiger partial charge in [0.05, 0.1) is 12.1 Å². The Morgan fingerprint density at radius 2 is 1.77 bits per heavy atom. The van der Waals surface area contributed by atoms with Gasteiger partial charge in [0.1, 0.15) is 0 Å². The van der Waals surface area contributed by atoms with Gasteiger partial charge in [-0.3, -0.25) is 14.5 Å². The van der Waals surface area contributed by atoms with Gasteiger partial charge in [0.2, 0.25) is 5.91 Å². The normalized spacial score (nSPS) is 20.7. The number of nitrogen functional groups attached to an aromatic ring is 1. The molecule has 7 heteroatoms. The van der Waals surface area contributed by atoms with Crippen LogP contribution < -0.4 is 11.1 Å². The minimum absolute atomic E-state index is 0.00347. The van der Waals surface area contributed by atoms with Crippen LogP contribution in [0.3, 0.4) is 0 Å². The van der Waals surface area contributed by atoms with Crippen LogP contribution in [0.1, 0.15) is 27.0 Å². The summed E-state index contributed by atoms with van der Waals surface area (Å²) in [7, 11) is 0. The van der Waals surface area contributed by atoms with Gasteiger partial charge in [-0.25, -0.2) is 0 Å². The van der Waals surface area contributed by atoms with E-state index in [1.807, 2.05) is 4.90 Å². The Labute approximate surface area is 191 Å². The van der Waals surface area contributed by atoms with Crippen molar-refractivity contribution in [2.75, 3.05) is 38.5 Å². The topological polar surface area (TPSA) is 78.7 Å². The highest BCUT2D eigenvalue weighted by Gasteiger charge is 2.41. The lowest BCUT2D eigenvalue weighted by Gasteiger charge is -2.22. The van der Waals surface area contributed by atoms with Gasteiger partial charge < -0.3 is 16.0 Å². The van der Waals surface area contributed by atoms with Crippen molar-refractivity contribution in [3.05, 3.63) is 63.1 Å². The van der Waals surface area contributed by atoms with Crippen LogP contribution in [0.4, 0.5) is 5.69 Å². The quantitative estimate of drug-likeness (QED) is 0.639. The third-order valence-electron chi connectivity index (χ3n) is 6.47. The van der Waals surface area contributed by atoms with Crippen molar-refractivity contribution in [3.63, 3.8) is 0 Å². The summed E-state index contributed by atoms with van der Waals surface area (Å²) in [5, 5.41) is 2.72. The number of fused-ring (bicyclic) bond motifs is 1. The fourth-order valence-corrected chi connectivity index (χ4v) is 5.14. The summed E-state index contributed by atoms with van der Waals surface area (Å²) in [6.45, 7) is 8.83. The van der Waals surface area contributed by atoms with Crippen LogP contribution in [0.15, 0.2) is 40.9 Å². The van der Waals surface area contributed by atoms with Crippen LogP contribution in [0.2, 0.25) is 0 Å². The van der Waals surface area contributed by atoms with Gasteiger partial charge in [-0.2, -0.15) is 0 Å². The molecule has 2 aliphatic rings. The number of nitrogens with zero attached hydrogens (tertiary/aromatic N) is 2. The van der Waals surface area contributed by atoms with E-state index in [-0.39, 0.29) is 18.4 Å². The number of likely N-dealkylation sites (tertiary alicyclic amines) is 2. The molecule has 164 valence electrons. The zero-order valence-electron chi connectivity index (χ0n) is 18.0. The van der Waals surface area contributed by atoms with E-state index in [0.29, 0.717) is 23.1 Å². The summed E-state index contributed by atoms with van der Waals surface area (Å²) >= 11 is 3.34. The molecule has 3 N–H and O–H groups in total. The maximum Gasteiger partial charge on any atom is 0.253 e. The van der Waals surface area contributed by atoms with Crippen molar-refractivity contribution in [2.24, 2.45) is 11.8 Å². The zero-order chi connectivity index (χ0) is 22.1. The fraction of sp³-hybridized carbons (Fsp3) is 0.417. The highest BCUT2D eigenvalue weighted by Crippen LogP contribution is 2.32. The Morgan fingerprint density at radius 1 is 1.06 bits per heavy atom. The van der Waals surface area contributed by atoms with Gasteiger partial charge in [-0.1, -0.05) is 39.7 Å². The predicted octanol–water partition coefficient (Wildman–Crippen LogP) is 2.97. The van der Waals surface area contributed by atoms with Crippen LogP contribution in [-0.2, 0) is 11.3 Å². The van der Waals surface area contributed by atoms with Gasteiger partial charge >= 0.3 is 0 Å². The molecule has 31 heavy (non-hydrogen) atoms. The maximum atomic E-state index is 12.7. The Bertz CT molecular complexity index is 995. The summed E-state index contributed by atoms with van der Waals surface area (Å²) < 4.78 is 0.774. The van der Waals surface area contributed by atoms with Crippen LogP contribution >= 0.6 is 15.9 Å². The highest BCUT2D eigenvalue weighted by molar-refractivity contribution is 9.10. The molecule has 0 radical (unpaired) electrons. The van der Waals surface area contributed by atoms with Crippen LogP contribution in [0.5, 0.6) is 0 Å². The molecule has 2 amide bonds. The van der Waals surface area contributed by atoms with Crippen molar-refractivity contribution >= 4 is 33.4 Å². The summed E-state index contributed by atoms with van der Waals surface area (Å²) in [6.07, 6.45) is 0. The molecule has 4 rings (SSSR count). The molecule has 2 aromatic carbocycles. The summed E-state index contributed by atoms with van der Waals surface area (Å²) in [5.41, 5.74) is 10.7. The first-order valence-corrected chi connectivity index (χ1v) is 11.5. The molecule has 6 nitrogen and oxygen atoms in total. The molecule has 2 saturated heterocycles. The number of hydrogen-bond donors (Lipinski definition) is 2. The van der Waals surface area contributed by atoms with Gasteiger partial charge in [-0.15, -0.1) is 0 Å². The summed E-state index contributed by atoms with van der Waals surface area (Å²) in [6, 6.07) is 11.8. The summed E-state index contributed by atoms with van der Waals surface area (Å²) in [5.74, 6) is 0.653. The molecule has 0 aromatic heterocycles. The summed E-state index contributed by atoms with van der Waals surface area (Å²) in [4.78, 5) is 29.5. The number of halogens is 1. The van der Waals surface area contributed by atoms with E-state index in [2.05, 4.69) is 58.2 Å². The lowest BCUT2D eigenvalue weighted by atomic mass is 10.0. The molecule has 2 aliphatic heterocycles. The van der Waals surface area contributed by atoms with Gasteiger partial charge in [0.15, 0.2) is 0 Å². The minimum atomic E-state index is -0.328. The number of aryl methyl sites for hydroxylation is 2. The Kier molecular flexibility index (Phi) is 6.34. The largest absolute Gasteiger partial charge is 0.398 e. The van der Waals surface area contributed by atoms with Crippen molar-refractivity contribution in [2.45, 2.75) is 20.4 Å². The number of nitrogens with one attached hydrogen (secondary N) is 1. The number of benzene rings is 2. The third-order valence-corrected chi connectivity index (χ3v) is 6.96. The van der Waals surface area contributed by atoms with Crippen molar-refractivity contribution < 1.29 is 9.59 Å². The van der Waals surface area contributed by atoms with Gasteiger partial charge in [0.25, 0.3) is 5.91 Å². The van der Waals surface area contributed by atoms with E-state index in [1.54, 1.807) is 18.2 Å². The first kappa shape index (κ1) is 21.8. The molecule has 0 aliphatic carbocycles. The van der Waals surface area contributed by atoms with E-state index >= 15 is 0 Å². The molecule has 0 saturated carbocycles. The lowest BCUT2D eigenvalue weighted by molar-refractivity contribution is -0.129. The Balaban J connectivity index is 1.27. The molecular weight excluding hydrogens is 456 g/mol. The monoisotopic (exact) mass is 484 g/mol. The molecular formula is C24H29BrN4O2. The third kappa shape index (κ3) is 4.93. The number of anilines is 1. The average molecular weight is 485 g/mol. The van der Waals surface area contributed by atoms with Crippen molar-refractivity contribution in [3.8, 4) is 0 Å². The number of carbonyl (C=O) groups is 2. The molecule has 2 atom stereocenters. The number of rotatable bonds is 5. The van der Waals surface area contributed by atoms with Crippen molar-refractivity contribution in [1.29, 1.82) is 0 Å². The number of nitrogens with two attached hydrogens (primary N) is 1. The molecule has 0 bridgehead atoms. The average Bonchev–Trinajstić information content (AvgIpc) is 3.28. The minimum Gasteiger partial charge on any atom is -0.398 e. The Morgan fingerprint density at radius 3 is 2.45 bits per heavy atom. The second kappa shape index (κ2) is 9.01. The highest BCUT2D eigenvalue weighted by atomic mass is 79.9. The Hall–Kier alpha value is -2.38. The van der Waals surface area contributed by atoms with E-state index in [9.17, 15) is 9.59 Å². The van der Waals surface area contributed by atoms with E-state index in [0.717, 1.165) is 37.2 Å².